The quantitative estimate of drug-likeness (QED) is 0.748. The van der Waals surface area contributed by atoms with Crippen molar-refractivity contribution in [2.45, 2.75) is 39.0 Å². The van der Waals surface area contributed by atoms with Crippen LogP contribution in [0, 0.1) is 5.92 Å². The Hall–Kier alpha value is -0.840. The zero-order valence-corrected chi connectivity index (χ0v) is 10.1. The predicted octanol–water partition coefficient (Wildman–Crippen LogP) is 1.57. The topological polar surface area (TPSA) is 49.8 Å². The van der Waals surface area contributed by atoms with E-state index in [2.05, 4.69) is 0 Å². The summed E-state index contributed by atoms with van der Waals surface area (Å²) in [4.78, 5) is 13.0. The molecule has 0 spiro atoms. The van der Waals surface area contributed by atoms with E-state index in [0.717, 1.165) is 0 Å². The molecular weight excluding hydrogens is 213 g/mol. The van der Waals surface area contributed by atoms with Crippen LogP contribution in [-0.2, 0) is 4.74 Å². The van der Waals surface area contributed by atoms with Gasteiger partial charge >= 0.3 is 6.09 Å². The van der Waals surface area contributed by atoms with Crippen molar-refractivity contribution >= 4 is 6.09 Å². The normalized spacial score (nSPS) is 26.7. The average molecular weight is 233 g/mol. The van der Waals surface area contributed by atoms with Gasteiger partial charge in [-0.05, 0) is 27.2 Å². The molecule has 2 atom stereocenters. The van der Waals surface area contributed by atoms with E-state index < -0.39 is 17.9 Å². The number of piperidine rings is 1. The van der Waals surface area contributed by atoms with E-state index in [1.165, 1.54) is 4.90 Å². The molecule has 1 N–H and O–H groups in total. The van der Waals surface area contributed by atoms with Gasteiger partial charge in [0.2, 0.25) is 0 Å². The number of likely N-dealkylation sites (tertiary alicyclic amines) is 1. The molecule has 0 aromatic carbocycles. The Morgan fingerprint density at radius 2 is 2.12 bits per heavy atom. The highest BCUT2D eigenvalue weighted by Crippen LogP contribution is 2.21. The second-order valence-corrected chi connectivity index (χ2v) is 5.27. The number of hydrogen-bond acceptors (Lipinski definition) is 3. The molecule has 1 heterocycles. The minimum absolute atomic E-state index is 0.0609. The van der Waals surface area contributed by atoms with Gasteiger partial charge in [-0.25, -0.2) is 9.18 Å². The number of halogens is 1. The molecule has 4 nitrogen and oxygen atoms in total. The number of aliphatic hydroxyl groups is 1. The molecule has 1 aliphatic rings. The fraction of sp³-hybridized carbons (Fsp3) is 0.909. The number of hydrogen-bond donors (Lipinski definition) is 1. The van der Waals surface area contributed by atoms with Crippen LogP contribution in [0.25, 0.3) is 0 Å². The monoisotopic (exact) mass is 233 g/mol. The minimum atomic E-state index is -1.07. The fourth-order valence-corrected chi connectivity index (χ4v) is 1.74. The summed E-state index contributed by atoms with van der Waals surface area (Å²) in [7, 11) is 0. The highest BCUT2D eigenvalue weighted by Gasteiger charge is 2.32. The lowest BCUT2D eigenvalue weighted by atomic mass is 9.98. The van der Waals surface area contributed by atoms with Crippen LogP contribution in [0.5, 0.6) is 0 Å². The Bertz CT molecular complexity index is 252. The van der Waals surface area contributed by atoms with Gasteiger partial charge in [-0.2, -0.15) is 0 Å². The number of alkyl halides is 1. The summed E-state index contributed by atoms with van der Waals surface area (Å²) in [5.74, 6) is -0.184. The van der Waals surface area contributed by atoms with Gasteiger partial charge in [0, 0.05) is 19.1 Å². The lowest BCUT2D eigenvalue weighted by molar-refractivity contribution is 0.000745. The number of rotatable bonds is 1. The molecule has 0 unspecified atom stereocenters. The van der Waals surface area contributed by atoms with Crippen LogP contribution >= 0.6 is 0 Å². The van der Waals surface area contributed by atoms with Crippen LogP contribution in [0.2, 0.25) is 0 Å². The average Bonchev–Trinajstić information content (AvgIpc) is 2.14. The number of amides is 1. The maximum absolute atomic E-state index is 13.3. The zero-order chi connectivity index (χ0) is 12.3. The lowest BCUT2D eigenvalue weighted by Gasteiger charge is -2.35. The lowest BCUT2D eigenvalue weighted by Crippen LogP contribution is -2.47. The van der Waals surface area contributed by atoms with Crippen LogP contribution < -0.4 is 0 Å². The summed E-state index contributed by atoms with van der Waals surface area (Å²) in [6, 6.07) is 0. The highest BCUT2D eigenvalue weighted by molar-refractivity contribution is 5.68. The number of ether oxygens (including phenoxy) is 1. The Balaban J connectivity index is 2.55. The molecule has 0 aromatic heterocycles. The SMILES string of the molecule is CC(C)(C)OC(=O)N1C[C@@H](F)C[C@@H](CO)C1. The molecule has 0 aromatic rings. The van der Waals surface area contributed by atoms with Crippen LogP contribution in [0.1, 0.15) is 27.2 Å². The Kier molecular flexibility index (Phi) is 4.13. The van der Waals surface area contributed by atoms with Crippen molar-refractivity contribution in [1.82, 2.24) is 4.90 Å². The predicted molar refractivity (Wildman–Crippen MR) is 57.9 cm³/mol. The molecule has 1 amide bonds. The van der Waals surface area contributed by atoms with E-state index in [9.17, 15) is 9.18 Å². The van der Waals surface area contributed by atoms with Crippen molar-refractivity contribution in [3.63, 3.8) is 0 Å². The van der Waals surface area contributed by atoms with Crippen molar-refractivity contribution < 1.29 is 19.0 Å². The largest absolute Gasteiger partial charge is 0.444 e. The molecule has 0 bridgehead atoms. The van der Waals surface area contributed by atoms with Crippen molar-refractivity contribution in [2.24, 2.45) is 5.92 Å². The summed E-state index contributed by atoms with van der Waals surface area (Å²) in [6.45, 7) is 5.64. The number of carbonyl (C=O) groups is 1. The first-order valence-corrected chi connectivity index (χ1v) is 5.54. The van der Waals surface area contributed by atoms with Crippen LogP contribution in [0.3, 0.4) is 0 Å². The van der Waals surface area contributed by atoms with E-state index in [1.807, 2.05) is 0 Å². The molecule has 1 saturated heterocycles. The first kappa shape index (κ1) is 13.2. The van der Waals surface area contributed by atoms with Crippen molar-refractivity contribution in [3.8, 4) is 0 Å². The third kappa shape index (κ3) is 3.96. The van der Waals surface area contributed by atoms with E-state index in [0.29, 0.717) is 13.0 Å². The smallest absolute Gasteiger partial charge is 0.410 e. The molecule has 1 aliphatic heterocycles. The third-order valence-electron chi connectivity index (χ3n) is 2.40. The molecule has 1 rings (SSSR count). The minimum Gasteiger partial charge on any atom is -0.444 e. The molecule has 0 radical (unpaired) electrons. The van der Waals surface area contributed by atoms with Gasteiger partial charge in [0.15, 0.2) is 0 Å². The van der Waals surface area contributed by atoms with Gasteiger partial charge in [0.25, 0.3) is 0 Å². The molecular formula is C11H20FNO3. The standard InChI is InChI=1S/C11H20FNO3/c1-11(2,3)16-10(15)13-5-8(7-14)4-9(12)6-13/h8-9,14H,4-7H2,1-3H3/t8-,9+/m1/s1. The zero-order valence-electron chi connectivity index (χ0n) is 10.1. The number of aliphatic hydroxyl groups excluding tert-OH is 1. The molecule has 0 aliphatic carbocycles. The summed E-state index contributed by atoms with van der Waals surface area (Å²) >= 11 is 0. The fourth-order valence-electron chi connectivity index (χ4n) is 1.74. The molecule has 94 valence electrons. The van der Waals surface area contributed by atoms with Gasteiger partial charge in [-0.15, -0.1) is 0 Å². The molecule has 16 heavy (non-hydrogen) atoms. The maximum atomic E-state index is 13.3. The second-order valence-electron chi connectivity index (χ2n) is 5.27. The van der Waals surface area contributed by atoms with E-state index in [1.54, 1.807) is 20.8 Å². The van der Waals surface area contributed by atoms with Crippen molar-refractivity contribution in [3.05, 3.63) is 0 Å². The van der Waals surface area contributed by atoms with Crippen molar-refractivity contribution in [1.29, 1.82) is 0 Å². The molecule has 0 saturated carbocycles. The Morgan fingerprint density at radius 1 is 1.50 bits per heavy atom. The van der Waals surface area contributed by atoms with Gasteiger partial charge in [0.05, 0.1) is 6.54 Å². The summed E-state index contributed by atoms with van der Waals surface area (Å²) < 4.78 is 18.5. The maximum Gasteiger partial charge on any atom is 0.410 e. The third-order valence-corrected chi connectivity index (χ3v) is 2.40. The summed E-state index contributed by atoms with van der Waals surface area (Å²) in [5, 5.41) is 9.00. The Morgan fingerprint density at radius 3 is 2.62 bits per heavy atom. The molecule has 5 heteroatoms. The van der Waals surface area contributed by atoms with Gasteiger partial charge in [-0.3, -0.25) is 0 Å². The summed E-state index contributed by atoms with van der Waals surface area (Å²) in [5.41, 5.74) is -0.574. The van der Waals surface area contributed by atoms with Crippen LogP contribution in [-0.4, -0.2) is 47.6 Å². The number of carbonyl (C=O) groups excluding carboxylic acids is 1. The second kappa shape index (κ2) is 4.99. The van der Waals surface area contributed by atoms with E-state index >= 15 is 0 Å². The highest BCUT2D eigenvalue weighted by atomic mass is 19.1. The van der Waals surface area contributed by atoms with E-state index in [4.69, 9.17) is 9.84 Å². The summed E-state index contributed by atoms with van der Waals surface area (Å²) in [6.07, 6.45) is -1.26. The van der Waals surface area contributed by atoms with Crippen LogP contribution in [0.15, 0.2) is 0 Å². The first-order chi connectivity index (χ1) is 7.31. The van der Waals surface area contributed by atoms with E-state index in [-0.39, 0.29) is 19.1 Å². The van der Waals surface area contributed by atoms with Crippen LogP contribution in [0.4, 0.5) is 9.18 Å². The first-order valence-electron chi connectivity index (χ1n) is 5.54. The van der Waals surface area contributed by atoms with Crippen molar-refractivity contribution in [2.75, 3.05) is 19.7 Å². The van der Waals surface area contributed by atoms with Gasteiger partial charge in [0.1, 0.15) is 11.8 Å². The number of nitrogens with zero attached hydrogens (tertiary/aromatic N) is 1. The molecule has 1 fully saturated rings. The van der Waals surface area contributed by atoms with Gasteiger partial charge in [-0.1, -0.05) is 0 Å². The Labute approximate surface area is 95.4 Å². The van der Waals surface area contributed by atoms with Gasteiger partial charge < -0.3 is 14.7 Å².